The molecule has 0 amide bonds. The molecule has 0 aliphatic carbocycles. The summed E-state index contributed by atoms with van der Waals surface area (Å²) >= 11 is 0. The van der Waals surface area contributed by atoms with Gasteiger partial charge in [-0.2, -0.15) is 0 Å². The summed E-state index contributed by atoms with van der Waals surface area (Å²) in [7, 11) is 0. The van der Waals surface area contributed by atoms with Crippen molar-refractivity contribution in [3.05, 3.63) is 59.4 Å². The third-order valence-electron chi connectivity index (χ3n) is 3.05. The van der Waals surface area contributed by atoms with Crippen LogP contribution in [0.1, 0.15) is 15.9 Å². The number of hydrogen-bond acceptors (Lipinski definition) is 3. The molecule has 2 aromatic rings. The maximum Gasteiger partial charge on any atom is 0.198 e. The van der Waals surface area contributed by atoms with Gasteiger partial charge in [-0.15, -0.1) is 0 Å². The molecular formula is C15H12FNO2. The van der Waals surface area contributed by atoms with Gasteiger partial charge in [0.1, 0.15) is 18.2 Å². The van der Waals surface area contributed by atoms with Crippen LogP contribution in [-0.4, -0.2) is 18.9 Å². The van der Waals surface area contributed by atoms with Gasteiger partial charge in [0.2, 0.25) is 0 Å². The Morgan fingerprint density at radius 3 is 2.74 bits per heavy atom. The Bertz CT molecular complexity index is 640. The van der Waals surface area contributed by atoms with Crippen LogP contribution in [0.3, 0.4) is 0 Å². The molecule has 0 atom stereocenters. The SMILES string of the molecule is O=C(c1ccccc1F)c1cccc2c1NCCO2. The van der Waals surface area contributed by atoms with Crippen molar-refractivity contribution in [1.82, 2.24) is 0 Å². The van der Waals surface area contributed by atoms with Crippen molar-refractivity contribution in [3.63, 3.8) is 0 Å². The largest absolute Gasteiger partial charge is 0.490 e. The standard InChI is InChI=1S/C15H12FNO2/c16-12-6-2-1-4-10(12)15(18)11-5-3-7-13-14(11)17-8-9-19-13/h1-7,17H,8-9H2. The van der Waals surface area contributed by atoms with Crippen molar-refractivity contribution in [3.8, 4) is 5.75 Å². The van der Waals surface area contributed by atoms with Crippen molar-refractivity contribution in [2.45, 2.75) is 0 Å². The number of carbonyl (C=O) groups excluding carboxylic acids is 1. The van der Waals surface area contributed by atoms with Gasteiger partial charge in [-0.25, -0.2) is 4.39 Å². The van der Waals surface area contributed by atoms with E-state index in [4.69, 9.17) is 4.74 Å². The van der Waals surface area contributed by atoms with Crippen LogP contribution in [0.5, 0.6) is 5.75 Å². The minimum atomic E-state index is -0.512. The summed E-state index contributed by atoms with van der Waals surface area (Å²) in [5, 5.41) is 3.13. The summed E-state index contributed by atoms with van der Waals surface area (Å²) in [6, 6.07) is 11.2. The second-order valence-electron chi connectivity index (χ2n) is 4.26. The molecule has 3 rings (SSSR count). The molecule has 1 aliphatic rings. The van der Waals surface area contributed by atoms with Gasteiger partial charge in [0.15, 0.2) is 5.78 Å². The van der Waals surface area contributed by atoms with Crippen LogP contribution in [0.4, 0.5) is 10.1 Å². The molecular weight excluding hydrogens is 245 g/mol. The molecule has 0 unspecified atom stereocenters. The average molecular weight is 257 g/mol. The summed E-state index contributed by atoms with van der Waals surface area (Å²) in [5.74, 6) is -0.219. The van der Waals surface area contributed by atoms with Gasteiger partial charge in [0, 0.05) is 12.1 Å². The first-order valence-electron chi connectivity index (χ1n) is 6.06. The molecule has 3 nitrogen and oxygen atoms in total. The Balaban J connectivity index is 2.08. The number of para-hydroxylation sites is 1. The predicted octanol–water partition coefficient (Wildman–Crippen LogP) is 2.86. The number of halogens is 1. The number of fused-ring (bicyclic) bond motifs is 1. The van der Waals surface area contributed by atoms with Crippen LogP contribution in [0.25, 0.3) is 0 Å². The highest BCUT2D eigenvalue weighted by Gasteiger charge is 2.21. The van der Waals surface area contributed by atoms with E-state index in [1.165, 1.54) is 12.1 Å². The molecule has 0 saturated heterocycles. The van der Waals surface area contributed by atoms with Crippen molar-refractivity contribution >= 4 is 11.5 Å². The summed E-state index contributed by atoms with van der Waals surface area (Å²) in [6.45, 7) is 1.19. The monoisotopic (exact) mass is 257 g/mol. The van der Waals surface area contributed by atoms with Crippen LogP contribution in [-0.2, 0) is 0 Å². The summed E-state index contributed by atoms with van der Waals surface area (Å²) in [4.78, 5) is 12.4. The van der Waals surface area contributed by atoms with E-state index < -0.39 is 5.82 Å². The first-order chi connectivity index (χ1) is 9.27. The fourth-order valence-electron chi connectivity index (χ4n) is 2.15. The zero-order chi connectivity index (χ0) is 13.2. The van der Waals surface area contributed by atoms with Crippen LogP contribution in [0, 0.1) is 5.82 Å². The molecule has 1 heterocycles. The first-order valence-corrected chi connectivity index (χ1v) is 6.06. The molecule has 0 spiro atoms. The van der Waals surface area contributed by atoms with Gasteiger partial charge in [-0.05, 0) is 24.3 Å². The van der Waals surface area contributed by atoms with Gasteiger partial charge < -0.3 is 10.1 Å². The van der Waals surface area contributed by atoms with Crippen molar-refractivity contribution < 1.29 is 13.9 Å². The predicted molar refractivity (Wildman–Crippen MR) is 70.3 cm³/mol. The lowest BCUT2D eigenvalue weighted by atomic mass is 10.0. The minimum absolute atomic E-state index is 0.0725. The van der Waals surface area contributed by atoms with E-state index in [-0.39, 0.29) is 11.3 Å². The van der Waals surface area contributed by atoms with Crippen LogP contribution in [0.2, 0.25) is 0 Å². The zero-order valence-corrected chi connectivity index (χ0v) is 10.2. The van der Waals surface area contributed by atoms with Crippen LogP contribution in [0.15, 0.2) is 42.5 Å². The molecule has 0 aromatic heterocycles. The Morgan fingerprint density at radius 1 is 1.11 bits per heavy atom. The second kappa shape index (κ2) is 4.72. The van der Waals surface area contributed by atoms with E-state index in [9.17, 15) is 9.18 Å². The Kier molecular flexibility index (Phi) is 2.91. The van der Waals surface area contributed by atoms with Crippen LogP contribution < -0.4 is 10.1 Å². The lowest BCUT2D eigenvalue weighted by Gasteiger charge is -2.21. The number of carbonyl (C=O) groups is 1. The first kappa shape index (κ1) is 11.7. The summed E-state index contributed by atoms with van der Waals surface area (Å²) in [5.41, 5.74) is 1.15. The Hall–Kier alpha value is -2.36. The topological polar surface area (TPSA) is 38.3 Å². The number of ketones is 1. The smallest absolute Gasteiger partial charge is 0.198 e. The van der Waals surface area contributed by atoms with Gasteiger partial charge in [0.05, 0.1) is 11.3 Å². The molecule has 96 valence electrons. The average Bonchev–Trinajstić information content (AvgIpc) is 2.46. The Labute approximate surface area is 110 Å². The third-order valence-corrected chi connectivity index (χ3v) is 3.05. The highest BCUT2D eigenvalue weighted by molar-refractivity contribution is 6.13. The van der Waals surface area contributed by atoms with E-state index in [2.05, 4.69) is 5.32 Å². The van der Waals surface area contributed by atoms with Crippen molar-refractivity contribution in [2.24, 2.45) is 0 Å². The number of nitrogens with one attached hydrogen (secondary N) is 1. The lowest BCUT2D eigenvalue weighted by Crippen LogP contribution is -2.20. The maximum atomic E-state index is 13.7. The molecule has 1 N–H and O–H groups in total. The number of ether oxygens (including phenoxy) is 1. The maximum absolute atomic E-state index is 13.7. The third kappa shape index (κ3) is 2.05. The van der Waals surface area contributed by atoms with Crippen LogP contribution >= 0.6 is 0 Å². The highest BCUT2D eigenvalue weighted by Crippen LogP contribution is 2.32. The summed E-state index contributed by atoms with van der Waals surface area (Å²) < 4.78 is 19.2. The number of benzene rings is 2. The molecule has 0 fully saturated rings. The molecule has 19 heavy (non-hydrogen) atoms. The molecule has 0 bridgehead atoms. The Morgan fingerprint density at radius 2 is 1.89 bits per heavy atom. The quantitative estimate of drug-likeness (QED) is 0.841. The van der Waals surface area contributed by atoms with E-state index in [1.54, 1.807) is 30.3 Å². The number of rotatable bonds is 2. The molecule has 2 aromatic carbocycles. The second-order valence-corrected chi connectivity index (χ2v) is 4.26. The van der Waals surface area contributed by atoms with E-state index in [1.807, 2.05) is 0 Å². The molecule has 4 heteroatoms. The molecule has 1 aliphatic heterocycles. The number of anilines is 1. The minimum Gasteiger partial charge on any atom is -0.490 e. The van der Waals surface area contributed by atoms with Crippen molar-refractivity contribution in [2.75, 3.05) is 18.5 Å². The zero-order valence-electron chi connectivity index (χ0n) is 10.2. The van der Waals surface area contributed by atoms with E-state index in [0.717, 1.165) is 0 Å². The molecule has 0 radical (unpaired) electrons. The lowest BCUT2D eigenvalue weighted by molar-refractivity contribution is 0.103. The summed E-state index contributed by atoms with van der Waals surface area (Å²) in [6.07, 6.45) is 0. The number of hydrogen-bond donors (Lipinski definition) is 1. The fraction of sp³-hybridized carbons (Fsp3) is 0.133. The van der Waals surface area contributed by atoms with E-state index >= 15 is 0 Å². The molecule has 0 saturated carbocycles. The van der Waals surface area contributed by atoms with Gasteiger partial charge in [-0.1, -0.05) is 18.2 Å². The van der Waals surface area contributed by atoms with Gasteiger partial charge in [-0.3, -0.25) is 4.79 Å². The highest BCUT2D eigenvalue weighted by atomic mass is 19.1. The van der Waals surface area contributed by atoms with Gasteiger partial charge in [0.25, 0.3) is 0 Å². The van der Waals surface area contributed by atoms with Crippen molar-refractivity contribution in [1.29, 1.82) is 0 Å². The fourth-order valence-corrected chi connectivity index (χ4v) is 2.15. The normalized spacial score (nSPS) is 13.1. The van der Waals surface area contributed by atoms with Gasteiger partial charge >= 0.3 is 0 Å². The van der Waals surface area contributed by atoms with E-state index in [0.29, 0.717) is 30.2 Å².